The number of hydrogen-bond donors (Lipinski definition) is 1. The molecule has 3 rings (SSSR count). The predicted octanol–water partition coefficient (Wildman–Crippen LogP) is 4.33. The summed E-state index contributed by atoms with van der Waals surface area (Å²) >= 11 is 1.64. The first-order valence-electron chi connectivity index (χ1n) is 6.23. The van der Waals surface area contributed by atoms with Gasteiger partial charge in [0.2, 0.25) is 0 Å². The average Bonchev–Trinajstić information content (AvgIpc) is 3.05. The third kappa shape index (κ3) is 2.29. The summed E-state index contributed by atoms with van der Waals surface area (Å²) in [6, 6.07) is 8.92. The molecule has 19 heavy (non-hydrogen) atoms. The Hall–Kier alpha value is -1.65. The van der Waals surface area contributed by atoms with Gasteiger partial charge in [0.15, 0.2) is 11.4 Å². The van der Waals surface area contributed by atoms with Crippen molar-refractivity contribution in [2.45, 2.75) is 13.0 Å². The summed E-state index contributed by atoms with van der Waals surface area (Å²) in [4.78, 5) is 0. The monoisotopic (exact) mass is 275 g/mol. The molecule has 1 atom stereocenters. The number of thiophene rings is 1. The summed E-state index contributed by atoms with van der Waals surface area (Å²) in [5.41, 5.74) is 1.47. The fourth-order valence-electron chi connectivity index (χ4n) is 2.22. The molecular formula is C15H14FNOS. The largest absolute Gasteiger partial charge is 0.456 e. The van der Waals surface area contributed by atoms with Crippen molar-refractivity contribution in [1.82, 2.24) is 5.32 Å². The maximum atomic E-state index is 13.7. The van der Waals surface area contributed by atoms with Gasteiger partial charge < -0.3 is 9.73 Å². The second-order valence-corrected chi connectivity index (χ2v) is 5.13. The Morgan fingerprint density at radius 1 is 1.37 bits per heavy atom. The molecule has 4 heteroatoms. The number of furan rings is 1. The highest BCUT2D eigenvalue weighted by Crippen LogP contribution is 2.30. The van der Waals surface area contributed by atoms with Gasteiger partial charge in [0, 0.05) is 5.39 Å². The number of halogens is 1. The quantitative estimate of drug-likeness (QED) is 0.766. The zero-order chi connectivity index (χ0) is 13.2. The molecule has 0 aliphatic heterocycles. The molecule has 0 saturated carbocycles. The molecule has 1 aromatic carbocycles. The second kappa shape index (κ2) is 5.15. The van der Waals surface area contributed by atoms with Crippen LogP contribution in [0.3, 0.4) is 0 Å². The van der Waals surface area contributed by atoms with E-state index >= 15 is 0 Å². The molecule has 2 aromatic heterocycles. The van der Waals surface area contributed by atoms with E-state index in [-0.39, 0.29) is 11.9 Å². The van der Waals surface area contributed by atoms with E-state index in [1.165, 1.54) is 6.07 Å². The minimum absolute atomic E-state index is 0.0250. The van der Waals surface area contributed by atoms with Gasteiger partial charge in [0.1, 0.15) is 5.76 Å². The van der Waals surface area contributed by atoms with Crippen LogP contribution in [0.5, 0.6) is 0 Å². The van der Waals surface area contributed by atoms with Crippen LogP contribution in [0.15, 0.2) is 45.5 Å². The number of hydrogen-bond acceptors (Lipinski definition) is 3. The molecule has 98 valence electrons. The molecule has 0 spiro atoms. The van der Waals surface area contributed by atoms with Crippen LogP contribution in [-0.2, 0) is 0 Å². The highest BCUT2D eigenvalue weighted by molar-refractivity contribution is 7.08. The number of benzene rings is 1. The Morgan fingerprint density at radius 3 is 2.95 bits per heavy atom. The lowest BCUT2D eigenvalue weighted by atomic mass is 10.1. The summed E-state index contributed by atoms with van der Waals surface area (Å²) < 4.78 is 19.4. The summed E-state index contributed by atoms with van der Waals surface area (Å²) in [6.45, 7) is 2.86. The van der Waals surface area contributed by atoms with E-state index in [0.717, 1.165) is 23.3 Å². The predicted molar refractivity (Wildman–Crippen MR) is 76.0 cm³/mol. The van der Waals surface area contributed by atoms with Crippen molar-refractivity contribution in [3.63, 3.8) is 0 Å². The Morgan fingerprint density at radius 2 is 2.26 bits per heavy atom. The number of para-hydroxylation sites is 1. The zero-order valence-corrected chi connectivity index (χ0v) is 11.3. The van der Waals surface area contributed by atoms with Crippen LogP contribution >= 0.6 is 11.3 Å². The highest BCUT2D eigenvalue weighted by Gasteiger charge is 2.19. The van der Waals surface area contributed by atoms with Crippen molar-refractivity contribution in [1.29, 1.82) is 0 Å². The van der Waals surface area contributed by atoms with Gasteiger partial charge in [-0.25, -0.2) is 4.39 Å². The molecule has 0 bridgehead atoms. The van der Waals surface area contributed by atoms with Crippen LogP contribution in [0.4, 0.5) is 4.39 Å². The van der Waals surface area contributed by atoms with Gasteiger partial charge in [-0.2, -0.15) is 11.3 Å². The molecular weight excluding hydrogens is 261 g/mol. The van der Waals surface area contributed by atoms with Crippen molar-refractivity contribution in [2.24, 2.45) is 0 Å². The Bertz CT molecular complexity index is 675. The number of fused-ring (bicyclic) bond motifs is 1. The molecule has 0 aliphatic carbocycles. The lowest BCUT2D eigenvalue weighted by Gasteiger charge is -2.13. The first-order valence-corrected chi connectivity index (χ1v) is 7.17. The highest BCUT2D eigenvalue weighted by atomic mass is 32.1. The third-order valence-corrected chi connectivity index (χ3v) is 3.79. The first-order chi connectivity index (χ1) is 9.29. The van der Waals surface area contributed by atoms with Gasteiger partial charge in [-0.3, -0.25) is 0 Å². The minimum atomic E-state index is -0.315. The van der Waals surface area contributed by atoms with Gasteiger partial charge in [-0.15, -0.1) is 0 Å². The van der Waals surface area contributed by atoms with Crippen molar-refractivity contribution >= 4 is 22.3 Å². The van der Waals surface area contributed by atoms with Crippen LogP contribution < -0.4 is 5.32 Å². The Labute approximate surface area is 114 Å². The van der Waals surface area contributed by atoms with Gasteiger partial charge in [-0.05, 0) is 41.1 Å². The fourth-order valence-corrected chi connectivity index (χ4v) is 2.90. The molecule has 0 amide bonds. The lowest BCUT2D eigenvalue weighted by molar-refractivity contribution is 0.465. The van der Waals surface area contributed by atoms with Crippen LogP contribution in [0.2, 0.25) is 0 Å². The van der Waals surface area contributed by atoms with Gasteiger partial charge >= 0.3 is 0 Å². The second-order valence-electron chi connectivity index (χ2n) is 4.35. The van der Waals surface area contributed by atoms with E-state index in [9.17, 15) is 4.39 Å². The van der Waals surface area contributed by atoms with Crippen LogP contribution in [0.25, 0.3) is 11.0 Å². The standard InChI is InChI=1S/C15H14FNOS/c1-2-17-14(11-6-7-19-9-11)13-8-10-4-3-5-12(16)15(10)18-13/h3-9,14,17H,2H2,1H3. The van der Waals surface area contributed by atoms with Crippen molar-refractivity contribution in [3.05, 3.63) is 58.2 Å². The van der Waals surface area contributed by atoms with Gasteiger partial charge in [0.25, 0.3) is 0 Å². The average molecular weight is 275 g/mol. The van der Waals surface area contributed by atoms with E-state index in [1.807, 2.05) is 24.4 Å². The lowest BCUT2D eigenvalue weighted by Crippen LogP contribution is -2.20. The molecule has 3 aromatic rings. The van der Waals surface area contributed by atoms with Crippen LogP contribution in [0, 0.1) is 5.82 Å². The minimum Gasteiger partial charge on any atom is -0.456 e. The molecule has 2 nitrogen and oxygen atoms in total. The number of rotatable bonds is 4. The molecule has 0 saturated heterocycles. The third-order valence-electron chi connectivity index (χ3n) is 3.08. The summed E-state index contributed by atoms with van der Waals surface area (Å²) in [5, 5.41) is 8.28. The molecule has 0 fully saturated rings. The zero-order valence-electron chi connectivity index (χ0n) is 10.5. The topological polar surface area (TPSA) is 25.2 Å². The molecule has 0 radical (unpaired) electrons. The van der Waals surface area contributed by atoms with E-state index < -0.39 is 0 Å². The smallest absolute Gasteiger partial charge is 0.169 e. The van der Waals surface area contributed by atoms with Crippen LogP contribution in [-0.4, -0.2) is 6.54 Å². The van der Waals surface area contributed by atoms with Crippen molar-refractivity contribution < 1.29 is 8.81 Å². The summed E-state index contributed by atoms with van der Waals surface area (Å²) in [5.74, 6) is 0.435. The molecule has 0 aliphatic rings. The maximum Gasteiger partial charge on any atom is 0.169 e. The number of nitrogens with one attached hydrogen (secondary N) is 1. The van der Waals surface area contributed by atoms with Gasteiger partial charge in [-0.1, -0.05) is 19.1 Å². The van der Waals surface area contributed by atoms with E-state index in [4.69, 9.17) is 4.42 Å². The normalized spacial score (nSPS) is 12.9. The van der Waals surface area contributed by atoms with Gasteiger partial charge in [0.05, 0.1) is 6.04 Å². The SMILES string of the molecule is CCNC(c1ccsc1)c1cc2cccc(F)c2o1. The molecule has 1 unspecified atom stereocenters. The van der Waals surface area contributed by atoms with Crippen molar-refractivity contribution in [3.8, 4) is 0 Å². The summed E-state index contributed by atoms with van der Waals surface area (Å²) in [7, 11) is 0. The molecule has 2 heterocycles. The van der Waals surface area contributed by atoms with E-state index in [0.29, 0.717) is 5.58 Å². The maximum absolute atomic E-state index is 13.7. The van der Waals surface area contributed by atoms with E-state index in [2.05, 4.69) is 16.8 Å². The Balaban J connectivity index is 2.08. The fraction of sp³-hybridized carbons (Fsp3) is 0.200. The molecule has 1 N–H and O–H groups in total. The van der Waals surface area contributed by atoms with Crippen LogP contribution in [0.1, 0.15) is 24.3 Å². The van der Waals surface area contributed by atoms with Crippen molar-refractivity contribution in [2.75, 3.05) is 6.54 Å². The Kier molecular flexibility index (Phi) is 3.36. The van der Waals surface area contributed by atoms with E-state index in [1.54, 1.807) is 17.4 Å². The first kappa shape index (κ1) is 12.4. The summed E-state index contributed by atoms with van der Waals surface area (Å²) in [6.07, 6.45) is 0.